The molecule has 0 aromatic heterocycles. The van der Waals surface area contributed by atoms with Crippen LogP contribution in [0.5, 0.6) is 0 Å². The van der Waals surface area contributed by atoms with Gasteiger partial charge < -0.3 is 4.74 Å². The van der Waals surface area contributed by atoms with Crippen molar-refractivity contribution in [1.82, 2.24) is 4.90 Å². The van der Waals surface area contributed by atoms with E-state index in [-0.39, 0.29) is 0 Å². The summed E-state index contributed by atoms with van der Waals surface area (Å²) in [6.45, 7) is 7.81. The first-order valence-electron chi connectivity index (χ1n) is 5.11. The predicted octanol–water partition coefficient (Wildman–Crippen LogP) is 1.51. The number of ether oxygens (including phenoxy) is 1. The molecule has 2 bridgehead atoms. The Kier molecular flexibility index (Phi) is 2.37. The van der Waals surface area contributed by atoms with Gasteiger partial charge in [-0.3, -0.25) is 4.90 Å². The van der Waals surface area contributed by atoms with E-state index in [1.807, 2.05) is 0 Å². The summed E-state index contributed by atoms with van der Waals surface area (Å²) in [7, 11) is 0. The second-order valence-electron chi connectivity index (χ2n) is 4.51. The molecule has 2 fully saturated rings. The number of nitrogens with zero attached hydrogens (tertiary/aromatic N) is 1. The van der Waals surface area contributed by atoms with Gasteiger partial charge in [-0.1, -0.05) is 13.8 Å². The fourth-order valence-electron chi connectivity index (χ4n) is 2.43. The molecule has 2 atom stereocenters. The van der Waals surface area contributed by atoms with Crippen LogP contribution in [0.25, 0.3) is 0 Å². The fraction of sp³-hybridized carbons (Fsp3) is 1.00. The van der Waals surface area contributed by atoms with E-state index in [4.69, 9.17) is 4.74 Å². The van der Waals surface area contributed by atoms with Crippen LogP contribution < -0.4 is 0 Å². The zero-order valence-electron chi connectivity index (χ0n) is 8.12. The number of fused-ring (bicyclic) bond motifs is 2. The Hall–Kier alpha value is -0.0800. The number of morpholine rings is 1. The Morgan fingerprint density at radius 1 is 1.25 bits per heavy atom. The molecular formula is C10H19NO. The fourth-order valence-corrected chi connectivity index (χ4v) is 2.43. The molecule has 2 rings (SSSR count). The molecule has 0 spiro atoms. The van der Waals surface area contributed by atoms with Crippen LogP contribution in [0.3, 0.4) is 0 Å². The van der Waals surface area contributed by atoms with Crippen molar-refractivity contribution >= 4 is 0 Å². The van der Waals surface area contributed by atoms with Crippen LogP contribution in [0, 0.1) is 5.92 Å². The standard InChI is InChI=1S/C10H19NO/c1-8(2)5-11-9-3-4-10(11)7-12-6-9/h8-10H,3-7H2,1-2H3/t9-,10+. The van der Waals surface area contributed by atoms with Crippen molar-refractivity contribution in [3.63, 3.8) is 0 Å². The molecule has 0 radical (unpaired) electrons. The molecule has 0 aromatic rings. The summed E-state index contributed by atoms with van der Waals surface area (Å²) < 4.78 is 5.53. The van der Waals surface area contributed by atoms with Gasteiger partial charge in [0.1, 0.15) is 0 Å². The minimum absolute atomic E-state index is 0.742. The number of hydrogen-bond donors (Lipinski definition) is 0. The van der Waals surface area contributed by atoms with Crippen LogP contribution in [0.2, 0.25) is 0 Å². The SMILES string of the molecule is CC(C)CN1[C@@H]2CC[C@H]1COC2. The molecule has 0 aromatic carbocycles. The summed E-state index contributed by atoms with van der Waals surface area (Å²) in [6, 6.07) is 1.48. The molecule has 0 amide bonds. The second-order valence-corrected chi connectivity index (χ2v) is 4.51. The molecule has 0 unspecified atom stereocenters. The van der Waals surface area contributed by atoms with Gasteiger partial charge in [-0.15, -0.1) is 0 Å². The third-order valence-electron chi connectivity index (χ3n) is 2.97. The smallest absolute Gasteiger partial charge is 0.0622 e. The van der Waals surface area contributed by atoms with E-state index in [0.29, 0.717) is 0 Å². The number of rotatable bonds is 2. The van der Waals surface area contributed by atoms with Gasteiger partial charge >= 0.3 is 0 Å². The lowest BCUT2D eigenvalue weighted by molar-refractivity contribution is -0.0193. The van der Waals surface area contributed by atoms with Gasteiger partial charge in [-0.05, 0) is 18.8 Å². The molecule has 2 aliphatic rings. The first kappa shape index (κ1) is 8.52. The minimum atomic E-state index is 0.742. The summed E-state index contributed by atoms with van der Waals surface area (Å²) in [6.07, 6.45) is 2.72. The van der Waals surface area contributed by atoms with Crippen molar-refractivity contribution < 1.29 is 4.74 Å². The quantitative estimate of drug-likeness (QED) is 0.621. The van der Waals surface area contributed by atoms with Crippen molar-refractivity contribution in [3.05, 3.63) is 0 Å². The van der Waals surface area contributed by atoms with Crippen LogP contribution >= 0.6 is 0 Å². The minimum Gasteiger partial charge on any atom is -0.378 e. The van der Waals surface area contributed by atoms with E-state index in [1.54, 1.807) is 0 Å². The van der Waals surface area contributed by atoms with Crippen molar-refractivity contribution in [2.75, 3.05) is 19.8 Å². The van der Waals surface area contributed by atoms with E-state index < -0.39 is 0 Å². The van der Waals surface area contributed by atoms with Crippen LogP contribution in [-0.2, 0) is 4.74 Å². The Morgan fingerprint density at radius 2 is 1.83 bits per heavy atom. The highest BCUT2D eigenvalue weighted by atomic mass is 16.5. The van der Waals surface area contributed by atoms with E-state index in [1.165, 1.54) is 19.4 Å². The summed E-state index contributed by atoms with van der Waals surface area (Å²) in [4.78, 5) is 2.66. The average molecular weight is 169 g/mol. The average Bonchev–Trinajstić information content (AvgIpc) is 2.30. The van der Waals surface area contributed by atoms with E-state index >= 15 is 0 Å². The number of hydrogen-bond acceptors (Lipinski definition) is 2. The van der Waals surface area contributed by atoms with E-state index in [0.717, 1.165) is 31.2 Å². The molecule has 2 nitrogen and oxygen atoms in total. The third kappa shape index (κ3) is 1.50. The summed E-state index contributed by atoms with van der Waals surface area (Å²) in [5.41, 5.74) is 0. The van der Waals surface area contributed by atoms with Crippen LogP contribution in [0.15, 0.2) is 0 Å². The van der Waals surface area contributed by atoms with E-state index in [2.05, 4.69) is 18.7 Å². The monoisotopic (exact) mass is 169 g/mol. The van der Waals surface area contributed by atoms with Gasteiger partial charge in [0.05, 0.1) is 13.2 Å². The topological polar surface area (TPSA) is 12.5 Å². The lowest BCUT2D eigenvalue weighted by atomic mass is 10.1. The maximum atomic E-state index is 5.53. The molecule has 2 aliphatic heterocycles. The van der Waals surface area contributed by atoms with Gasteiger partial charge in [0.15, 0.2) is 0 Å². The van der Waals surface area contributed by atoms with Crippen molar-refractivity contribution in [2.45, 2.75) is 38.8 Å². The summed E-state index contributed by atoms with van der Waals surface area (Å²) in [5, 5.41) is 0. The highest BCUT2D eigenvalue weighted by molar-refractivity contribution is 4.90. The Labute approximate surface area is 74.9 Å². The maximum Gasteiger partial charge on any atom is 0.0622 e. The Bertz CT molecular complexity index is 142. The van der Waals surface area contributed by atoms with Crippen molar-refractivity contribution in [3.8, 4) is 0 Å². The van der Waals surface area contributed by atoms with Crippen molar-refractivity contribution in [2.24, 2.45) is 5.92 Å². The highest BCUT2D eigenvalue weighted by Gasteiger charge is 2.36. The molecule has 70 valence electrons. The summed E-state index contributed by atoms with van der Waals surface area (Å²) in [5.74, 6) is 0.797. The Balaban J connectivity index is 1.96. The summed E-state index contributed by atoms with van der Waals surface area (Å²) >= 11 is 0. The van der Waals surface area contributed by atoms with Gasteiger partial charge in [-0.2, -0.15) is 0 Å². The van der Waals surface area contributed by atoms with Gasteiger partial charge in [0.25, 0.3) is 0 Å². The molecule has 0 N–H and O–H groups in total. The van der Waals surface area contributed by atoms with Crippen LogP contribution in [0.1, 0.15) is 26.7 Å². The second kappa shape index (κ2) is 3.35. The van der Waals surface area contributed by atoms with Gasteiger partial charge in [0, 0.05) is 18.6 Å². The maximum absolute atomic E-state index is 5.53. The van der Waals surface area contributed by atoms with Gasteiger partial charge in [0.2, 0.25) is 0 Å². The first-order chi connectivity index (χ1) is 5.77. The zero-order chi connectivity index (χ0) is 8.55. The molecule has 12 heavy (non-hydrogen) atoms. The van der Waals surface area contributed by atoms with E-state index in [9.17, 15) is 0 Å². The molecular weight excluding hydrogens is 150 g/mol. The van der Waals surface area contributed by atoms with Crippen LogP contribution in [-0.4, -0.2) is 36.7 Å². The highest BCUT2D eigenvalue weighted by Crippen LogP contribution is 2.29. The third-order valence-corrected chi connectivity index (χ3v) is 2.97. The van der Waals surface area contributed by atoms with Crippen molar-refractivity contribution in [1.29, 1.82) is 0 Å². The molecule has 2 heterocycles. The molecule has 2 heteroatoms. The Morgan fingerprint density at radius 3 is 2.33 bits per heavy atom. The lowest BCUT2D eigenvalue weighted by Gasteiger charge is -2.35. The predicted molar refractivity (Wildman–Crippen MR) is 49.2 cm³/mol. The largest absolute Gasteiger partial charge is 0.378 e. The van der Waals surface area contributed by atoms with Crippen LogP contribution in [0.4, 0.5) is 0 Å². The first-order valence-corrected chi connectivity index (χ1v) is 5.11. The normalized spacial score (nSPS) is 36.2. The molecule has 2 saturated heterocycles. The molecule has 0 aliphatic carbocycles. The lowest BCUT2D eigenvalue weighted by Crippen LogP contribution is -2.47. The zero-order valence-corrected chi connectivity index (χ0v) is 8.12. The molecule has 0 saturated carbocycles. The van der Waals surface area contributed by atoms with Gasteiger partial charge in [-0.25, -0.2) is 0 Å².